The van der Waals surface area contributed by atoms with Crippen LogP contribution in [0.25, 0.3) is 0 Å². The molecular weight excluding hydrogens is 272 g/mol. The highest BCUT2D eigenvalue weighted by Gasteiger charge is 2.33. The van der Waals surface area contributed by atoms with E-state index in [0.29, 0.717) is 18.4 Å². The van der Waals surface area contributed by atoms with Crippen molar-refractivity contribution in [2.24, 2.45) is 5.92 Å². The SMILES string of the molecule is Nc1ccccc1CCC(=O)N(CC1CCCCC1)C1CC1. The molecular formula is C19H28N2O. The van der Waals surface area contributed by atoms with Gasteiger partial charge in [0.1, 0.15) is 0 Å². The second-order valence-corrected chi connectivity index (χ2v) is 6.98. The molecule has 0 spiro atoms. The van der Waals surface area contributed by atoms with E-state index in [2.05, 4.69) is 4.90 Å². The lowest BCUT2D eigenvalue weighted by Crippen LogP contribution is -2.37. The van der Waals surface area contributed by atoms with Crippen molar-refractivity contribution < 1.29 is 4.79 Å². The molecule has 2 aliphatic rings. The smallest absolute Gasteiger partial charge is 0.223 e. The van der Waals surface area contributed by atoms with Crippen LogP contribution in [0.3, 0.4) is 0 Å². The Morgan fingerprint density at radius 1 is 1.09 bits per heavy atom. The van der Waals surface area contributed by atoms with Crippen molar-refractivity contribution in [1.29, 1.82) is 0 Å². The number of aryl methyl sites for hydroxylation is 1. The summed E-state index contributed by atoms with van der Waals surface area (Å²) in [4.78, 5) is 14.9. The Hall–Kier alpha value is -1.51. The largest absolute Gasteiger partial charge is 0.399 e. The molecule has 0 unspecified atom stereocenters. The standard InChI is InChI=1S/C19H28N2O/c20-18-9-5-4-8-16(18)10-13-19(22)21(17-11-12-17)14-15-6-2-1-3-7-15/h4-5,8-9,15,17H,1-3,6-7,10-14,20H2. The van der Waals surface area contributed by atoms with Gasteiger partial charge >= 0.3 is 0 Å². The summed E-state index contributed by atoms with van der Waals surface area (Å²) >= 11 is 0. The number of para-hydroxylation sites is 1. The summed E-state index contributed by atoms with van der Waals surface area (Å²) in [7, 11) is 0. The number of carbonyl (C=O) groups excluding carboxylic acids is 1. The maximum absolute atomic E-state index is 12.7. The highest BCUT2D eigenvalue weighted by molar-refractivity contribution is 5.77. The van der Waals surface area contributed by atoms with Gasteiger partial charge in [-0.2, -0.15) is 0 Å². The van der Waals surface area contributed by atoms with Gasteiger partial charge in [0.2, 0.25) is 5.91 Å². The summed E-state index contributed by atoms with van der Waals surface area (Å²) in [6.45, 7) is 0.994. The van der Waals surface area contributed by atoms with Crippen molar-refractivity contribution >= 4 is 11.6 Å². The van der Waals surface area contributed by atoms with E-state index in [1.54, 1.807) is 0 Å². The number of benzene rings is 1. The van der Waals surface area contributed by atoms with Gasteiger partial charge < -0.3 is 10.6 Å². The molecule has 0 bridgehead atoms. The van der Waals surface area contributed by atoms with Crippen LogP contribution in [0.2, 0.25) is 0 Å². The Morgan fingerprint density at radius 3 is 2.50 bits per heavy atom. The first-order valence-electron chi connectivity index (χ1n) is 8.87. The molecule has 0 heterocycles. The van der Waals surface area contributed by atoms with Crippen LogP contribution in [0.4, 0.5) is 5.69 Å². The fourth-order valence-corrected chi connectivity index (χ4v) is 3.64. The fourth-order valence-electron chi connectivity index (χ4n) is 3.64. The summed E-state index contributed by atoms with van der Waals surface area (Å²) in [6, 6.07) is 8.42. The van der Waals surface area contributed by atoms with Crippen LogP contribution in [-0.4, -0.2) is 23.4 Å². The first-order valence-corrected chi connectivity index (χ1v) is 8.87. The number of hydrogen-bond acceptors (Lipinski definition) is 2. The number of hydrogen-bond donors (Lipinski definition) is 1. The lowest BCUT2D eigenvalue weighted by molar-refractivity contribution is -0.132. The van der Waals surface area contributed by atoms with Gasteiger partial charge in [-0.05, 0) is 49.7 Å². The summed E-state index contributed by atoms with van der Waals surface area (Å²) < 4.78 is 0. The van der Waals surface area contributed by atoms with Gasteiger partial charge in [-0.15, -0.1) is 0 Å². The van der Waals surface area contributed by atoms with Gasteiger partial charge in [-0.1, -0.05) is 37.5 Å². The summed E-state index contributed by atoms with van der Waals surface area (Å²) in [6.07, 6.45) is 10.4. The number of nitrogens with zero attached hydrogens (tertiary/aromatic N) is 1. The van der Waals surface area contributed by atoms with Crippen molar-refractivity contribution in [3.8, 4) is 0 Å². The van der Waals surface area contributed by atoms with Gasteiger partial charge in [0.25, 0.3) is 0 Å². The Bertz CT molecular complexity index is 504. The number of rotatable bonds is 6. The topological polar surface area (TPSA) is 46.3 Å². The molecule has 3 rings (SSSR count). The molecule has 0 saturated heterocycles. The van der Waals surface area contributed by atoms with Crippen LogP contribution in [0, 0.1) is 5.92 Å². The summed E-state index contributed by atoms with van der Waals surface area (Å²) in [5.41, 5.74) is 7.89. The molecule has 1 aromatic carbocycles. The van der Waals surface area contributed by atoms with E-state index in [1.165, 1.54) is 44.9 Å². The Labute approximate surface area is 133 Å². The van der Waals surface area contributed by atoms with E-state index in [4.69, 9.17) is 5.73 Å². The zero-order valence-corrected chi connectivity index (χ0v) is 13.5. The minimum Gasteiger partial charge on any atom is -0.399 e. The molecule has 3 nitrogen and oxygen atoms in total. The maximum Gasteiger partial charge on any atom is 0.223 e. The Balaban J connectivity index is 1.54. The van der Waals surface area contributed by atoms with E-state index in [0.717, 1.165) is 30.1 Å². The Kier molecular flexibility index (Phi) is 5.01. The molecule has 3 heteroatoms. The van der Waals surface area contributed by atoms with E-state index < -0.39 is 0 Å². The number of anilines is 1. The van der Waals surface area contributed by atoms with Crippen LogP contribution in [0.5, 0.6) is 0 Å². The third kappa shape index (κ3) is 4.02. The van der Waals surface area contributed by atoms with Crippen LogP contribution >= 0.6 is 0 Å². The lowest BCUT2D eigenvalue weighted by atomic mass is 9.89. The van der Waals surface area contributed by atoms with Crippen LogP contribution < -0.4 is 5.73 Å². The quantitative estimate of drug-likeness (QED) is 0.813. The summed E-state index contributed by atoms with van der Waals surface area (Å²) in [5.74, 6) is 1.07. The molecule has 0 radical (unpaired) electrons. The van der Waals surface area contributed by atoms with E-state index in [-0.39, 0.29) is 0 Å². The second-order valence-electron chi connectivity index (χ2n) is 6.98. The molecule has 2 aliphatic carbocycles. The Morgan fingerprint density at radius 2 is 1.82 bits per heavy atom. The minimum absolute atomic E-state index is 0.330. The van der Waals surface area contributed by atoms with Gasteiger partial charge in [0.15, 0.2) is 0 Å². The average Bonchev–Trinajstić information content (AvgIpc) is 3.37. The molecule has 2 N–H and O–H groups in total. The van der Waals surface area contributed by atoms with Crippen molar-refractivity contribution in [3.63, 3.8) is 0 Å². The van der Waals surface area contributed by atoms with E-state index in [9.17, 15) is 4.79 Å². The second kappa shape index (κ2) is 7.17. The lowest BCUT2D eigenvalue weighted by Gasteiger charge is -2.30. The van der Waals surface area contributed by atoms with Gasteiger partial charge in [0, 0.05) is 24.7 Å². The molecule has 0 aliphatic heterocycles. The molecule has 1 aromatic rings. The first kappa shape index (κ1) is 15.4. The monoisotopic (exact) mass is 300 g/mol. The van der Waals surface area contributed by atoms with Gasteiger partial charge in [0.05, 0.1) is 0 Å². The van der Waals surface area contributed by atoms with Crippen LogP contribution in [0.15, 0.2) is 24.3 Å². The maximum atomic E-state index is 12.7. The van der Waals surface area contributed by atoms with Crippen LogP contribution in [-0.2, 0) is 11.2 Å². The molecule has 0 atom stereocenters. The van der Waals surface area contributed by atoms with E-state index >= 15 is 0 Å². The normalized spacial score (nSPS) is 19.1. The number of nitrogens with two attached hydrogens (primary N) is 1. The first-order chi connectivity index (χ1) is 10.7. The molecule has 22 heavy (non-hydrogen) atoms. The molecule has 2 saturated carbocycles. The van der Waals surface area contributed by atoms with Crippen molar-refractivity contribution in [1.82, 2.24) is 4.90 Å². The van der Waals surface area contributed by atoms with Gasteiger partial charge in [-0.3, -0.25) is 4.79 Å². The average molecular weight is 300 g/mol. The fraction of sp³-hybridized carbons (Fsp3) is 0.632. The number of amides is 1. The summed E-state index contributed by atoms with van der Waals surface area (Å²) in [5, 5.41) is 0. The van der Waals surface area contributed by atoms with E-state index in [1.807, 2.05) is 24.3 Å². The highest BCUT2D eigenvalue weighted by Crippen LogP contribution is 2.32. The third-order valence-electron chi connectivity index (χ3n) is 5.15. The predicted molar refractivity (Wildman–Crippen MR) is 90.5 cm³/mol. The predicted octanol–water partition coefficient (Wildman–Crippen LogP) is 3.77. The van der Waals surface area contributed by atoms with Gasteiger partial charge in [-0.25, -0.2) is 0 Å². The molecule has 0 aromatic heterocycles. The molecule has 1 amide bonds. The molecule has 2 fully saturated rings. The number of nitrogen functional groups attached to an aromatic ring is 1. The number of carbonyl (C=O) groups is 1. The van der Waals surface area contributed by atoms with Crippen LogP contribution in [0.1, 0.15) is 56.9 Å². The van der Waals surface area contributed by atoms with Crippen molar-refractivity contribution in [2.45, 2.75) is 63.8 Å². The van der Waals surface area contributed by atoms with Crippen molar-refractivity contribution in [3.05, 3.63) is 29.8 Å². The minimum atomic E-state index is 0.330. The third-order valence-corrected chi connectivity index (χ3v) is 5.15. The zero-order valence-electron chi connectivity index (χ0n) is 13.5. The zero-order chi connectivity index (χ0) is 15.4. The van der Waals surface area contributed by atoms with Crippen molar-refractivity contribution in [2.75, 3.05) is 12.3 Å². The molecule has 120 valence electrons. The highest BCUT2D eigenvalue weighted by atomic mass is 16.2.